The van der Waals surface area contributed by atoms with Crippen LogP contribution >= 0.6 is 11.3 Å². The lowest BCUT2D eigenvalue weighted by Gasteiger charge is -2.18. The quantitative estimate of drug-likeness (QED) is 0.940. The van der Waals surface area contributed by atoms with Crippen molar-refractivity contribution in [1.29, 1.82) is 0 Å². The molecule has 20 heavy (non-hydrogen) atoms. The molecule has 0 radical (unpaired) electrons. The molecule has 0 saturated carbocycles. The van der Waals surface area contributed by atoms with Crippen LogP contribution in [0.15, 0.2) is 0 Å². The lowest BCUT2D eigenvalue weighted by Crippen LogP contribution is -2.14. The smallest absolute Gasteiger partial charge is 0.161 e. The summed E-state index contributed by atoms with van der Waals surface area (Å²) in [6.45, 7) is 4.22. The van der Waals surface area contributed by atoms with Crippen LogP contribution < -0.4 is 5.73 Å². The first-order valence-electron chi connectivity index (χ1n) is 7.22. The average Bonchev–Trinajstić information content (AvgIpc) is 2.77. The van der Waals surface area contributed by atoms with Crippen molar-refractivity contribution >= 4 is 27.4 Å². The number of nitrogen functional groups attached to an aromatic ring is 1. The normalized spacial score (nSPS) is 16.6. The Labute approximate surface area is 123 Å². The summed E-state index contributed by atoms with van der Waals surface area (Å²) in [5.74, 6) is 1.66. The molecule has 2 aromatic rings. The van der Waals surface area contributed by atoms with Gasteiger partial charge >= 0.3 is 0 Å². The van der Waals surface area contributed by atoms with Crippen LogP contribution in [-0.4, -0.2) is 17.1 Å². The zero-order valence-electron chi connectivity index (χ0n) is 12.3. The van der Waals surface area contributed by atoms with Gasteiger partial charge in [0.05, 0.1) is 5.39 Å². The van der Waals surface area contributed by atoms with Crippen molar-refractivity contribution in [2.75, 3.05) is 12.8 Å². The van der Waals surface area contributed by atoms with Crippen molar-refractivity contribution in [3.63, 3.8) is 0 Å². The summed E-state index contributed by atoms with van der Waals surface area (Å²) >= 11 is 1.78. The molecule has 2 aromatic heterocycles. The molecule has 0 saturated heterocycles. The second-order valence-electron chi connectivity index (χ2n) is 5.76. The SMILES string of the molecule is COC(c1nc(N)c2c3c(sc2n1)CCCC3)C(C)C. The van der Waals surface area contributed by atoms with E-state index >= 15 is 0 Å². The Hall–Kier alpha value is -1.20. The fourth-order valence-electron chi connectivity index (χ4n) is 3.01. The number of methoxy groups -OCH3 is 1. The molecule has 0 bridgehead atoms. The minimum absolute atomic E-state index is 0.0965. The van der Waals surface area contributed by atoms with Gasteiger partial charge in [0.15, 0.2) is 5.82 Å². The van der Waals surface area contributed by atoms with E-state index in [2.05, 4.69) is 18.8 Å². The average molecular weight is 291 g/mol. The van der Waals surface area contributed by atoms with Gasteiger partial charge in [-0.15, -0.1) is 11.3 Å². The van der Waals surface area contributed by atoms with Gasteiger partial charge in [-0.2, -0.15) is 0 Å². The minimum atomic E-state index is -0.0965. The molecule has 108 valence electrons. The molecule has 0 aromatic carbocycles. The maximum absolute atomic E-state index is 6.22. The molecule has 0 aliphatic heterocycles. The van der Waals surface area contributed by atoms with Gasteiger partial charge in [0.2, 0.25) is 0 Å². The summed E-state index contributed by atoms with van der Waals surface area (Å²) in [4.78, 5) is 11.7. The number of hydrogen-bond acceptors (Lipinski definition) is 5. The van der Waals surface area contributed by atoms with Crippen LogP contribution in [0.4, 0.5) is 5.82 Å². The highest BCUT2D eigenvalue weighted by atomic mass is 32.1. The zero-order valence-corrected chi connectivity index (χ0v) is 13.1. The topological polar surface area (TPSA) is 61.0 Å². The number of rotatable bonds is 3. The first-order valence-corrected chi connectivity index (χ1v) is 8.04. The number of ether oxygens (including phenoxy) is 1. The van der Waals surface area contributed by atoms with E-state index in [0.717, 1.165) is 23.1 Å². The molecule has 0 amide bonds. The first kappa shape index (κ1) is 13.8. The summed E-state index contributed by atoms with van der Waals surface area (Å²) in [6, 6.07) is 0. The van der Waals surface area contributed by atoms with Gasteiger partial charge in [-0.25, -0.2) is 9.97 Å². The van der Waals surface area contributed by atoms with Crippen LogP contribution in [0.5, 0.6) is 0 Å². The predicted molar refractivity (Wildman–Crippen MR) is 83.1 cm³/mol. The van der Waals surface area contributed by atoms with Crippen molar-refractivity contribution in [3.05, 3.63) is 16.3 Å². The third kappa shape index (κ3) is 2.19. The Morgan fingerprint density at radius 2 is 1.95 bits per heavy atom. The summed E-state index contributed by atoms with van der Waals surface area (Å²) < 4.78 is 5.53. The molecule has 3 rings (SSSR count). The number of fused-ring (bicyclic) bond motifs is 3. The van der Waals surface area contributed by atoms with Crippen molar-refractivity contribution in [2.24, 2.45) is 5.92 Å². The van der Waals surface area contributed by atoms with Gasteiger partial charge in [-0.05, 0) is 37.2 Å². The van der Waals surface area contributed by atoms with Crippen molar-refractivity contribution in [3.8, 4) is 0 Å². The summed E-state index contributed by atoms with van der Waals surface area (Å²) in [5, 5.41) is 1.09. The largest absolute Gasteiger partial charge is 0.383 e. The Morgan fingerprint density at radius 1 is 1.20 bits per heavy atom. The van der Waals surface area contributed by atoms with E-state index in [1.165, 1.54) is 23.3 Å². The van der Waals surface area contributed by atoms with Gasteiger partial charge < -0.3 is 10.5 Å². The maximum Gasteiger partial charge on any atom is 0.161 e. The van der Waals surface area contributed by atoms with Gasteiger partial charge in [0.1, 0.15) is 16.8 Å². The molecule has 5 heteroatoms. The second-order valence-corrected chi connectivity index (χ2v) is 6.84. The molecule has 1 unspecified atom stereocenters. The number of anilines is 1. The Kier molecular flexibility index (Phi) is 3.65. The molecular formula is C15H21N3OS. The monoisotopic (exact) mass is 291 g/mol. The first-order chi connectivity index (χ1) is 9.61. The van der Waals surface area contributed by atoms with Crippen LogP contribution in [0.3, 0.4) is 0 Å². The molecular weight excluding hydrogens is 270 g/mol. The van der Waals surface area contributed by atoms with E-state index in [0.29, 0.717) is 17.6 Å². The minimum Gasteiger partial charge on any atom is -0.383 e. The van der Waals surface area contributed by atoms with E-state index in [9.17, 15) is 0 Å². The van der Waals surface area contributed by atoms with Crippen molar-refractivity contribution < 1.29 is 4.74 Å². The summed E-state index contributed by atoms with van der Waals surface area (Å²) in [5.41, 5.74) is 7.61. The molecule has 2 heterocycles. The lowest BCUT2D eigenvalue weighted by atomic mass is 9.97. The predicted octanol–water partition coefficient (Wildman–Crippen LogP) is 3.50. The van der Waals surface area contributed by atoms with Gasteiger partial charge in [-0.3, -0.25) is 0 Å². The van der Waals surface area contributed by atoms with E-state index in [-0.39, 0.29) is 6.10 Å². The van der Waals surface area contributed by atoms with E-state index in [1.807, 2.05) is 0 Å². The number of nitrogens with two attached hydrogens (primary N) is 1. The molecule has 1 aliphatic rings. The van der Waals surface area contributed by atoms with Gasteiger partial charge in [0.25, 0.3) is 0 Å². The van der Waals surface area contributed by atoms with Gasteiger partial charge in [0, 0.05) is 12.0 Å². The summed E-state index contributed by atoms with van der Waals surface area (Å²) in [6.07, 6.45) is 4.68. The van der Waals surface area contributed by atoms with Crippen LogP contribution in [0, 0.1) is 5.92 Å². The number of aromatic nitrogens is 2. The number of nitrogens with zero attached hydrogens (tertiary/aromatic N) is 2. The highest BCUT2D eigenvalue weighted by Gasteiger charge is 2.24. The molecule has 0 fully saturated rings. The molecule has 1 atom stereocenters. The van der Waals surface area contributed by atoms with Crippen molar-refractivity contribution in [1.82, 2.24) is 9.97 Å². The van der Waals surface area contributed by atoms with Crippen LogP contribution in [-0.2, 0) is 17.6 Å². The molecule has 1 aliphatic carbocycles. The number of hydrogen-bond donors (Lipinski definition) is 1. The number of aryl methyl sites for hydroxylation is 2. The Morgan fingerprint density at radius 3 is 2.65 bits per heavy atom. The van der Waals surface area contributed by atoms with Crippen LogP contribution in [0.25, 0.3) is 10.2 Å². The second kappa shape index (κ2) is 5.30. The van der Waals surface area contributed by atoms with Crippen LogP contribution in [0.1, 0.15) is 49.1 Å². The molecule has 4 nitrogen and oxygen atoms in total. The van der Waals surface area contributed by atoms with Gasteiger partial charge in [-0.1, -0.05) is 13.8 Å². The third-order valence-electron chi connectivity index (χ3n) is 3.97. The van der Waals surface area contributed by atoms with E-state index in [4.69, 9.17) is 15.5 Å². The Bertz CT molecular complexity index is 636. The summed E-state index contributed by atoms with van der Waals surface area (Å²) in [7, 11) is 1.70. The van der Waals surface area contributed by atoms with Crippen LogP contribution in [0.2, 0.25) is 0 Å². The molecule has 0 spiro atoms. The van der Waals surface area contributed by atoms with E-state index < -0.39 is 0 Å². The van der Waals surface area contributed by atoms with E-state index in [1.54, 1.807) is 18.4 Å². The molecule has 2 N–H and O–H groups in total. The Balaban J connectivity index is 2.15. The van der Waals surface area contributed by atoms with Crippen molar-refractivity contribution in [2.45, 2.75) is 45.6 Å². The zero-order chi connectivity index (χ0) is 14.3. The highest BCUT2D eigenvalue weighted by Crippen LogP contribution is 2.38. The third-order valence-corrected chi connectivity index (χ3v) is 5.16. The lowest BCUT2D eigenvalue weighted by molar-refractivity contribution is 0.0579. The fourth-order valence-corrected chi connectivity index (χ4v) is 4.28. The maximum atomic E-state index is 6.22. The fraction of sp³-hybridized carbons (Fsp3) is 0.600. The highest BCUT2D eigenvalue weighted by molar-refractivity contribution is 7.19. The number of thiophene rings is 1. The standard InChI is InChI=1S/C15H21N3OS/c1-8(2)12(19-3)14-17-13(16)11-9-6-4-5-7-10(9)20-15(11)18-14/h8,12H,4-7H2,1-3H3,(H2,16,17,18).